The molecular formula is C17H21N3O2S. The Morgan fingerprint density at radius 1 is 1.17 bits per heavy atom. The second-order valence-corrected chi connectivity index (χ2v) is 8.58. The largest absolute Gasteiger partial charge is 0.281 e. The molecule has 1 aromatic carbocycles. The fraction of sp³-hybridized carbons (Fsp3) is 0.471. The number of hydrogen-bond acceptors (Lipinski definition) is 3. The molecule has 2 aromatic rings. The van der Waals surface area contributed by atoms with E-state index in [-0.39, 0.29) is 5.41 Å². The van der Waals surface area contributed by atoms with Crippen LogP contribution in [0.25, 0.3) is 0 Å². The van der Waals surface area contributed by atoms with Gasteiger partial charge in [0.15, 0.2) is 0 Å². The molecule has 0 atom stereocenters. The summed E-state index contributed by atoms with van der Waals surface area (Å²) in [6, 6.07) is 7.98. The third-order valence-electron chi connectivity index (χ3n) is 5.36. The molecule has 0 saturated heterocycles. The topological polar surface area (TPSA) is 66.1 Å². The number of H-pyrrole nitrogens is 1. The number of benzene rings is 1. The van der Waals surface area contributed by atoms with Crippen LogP contribution in [-0.2, 0) is 15.4 Å². The van der Waals surface area contributed by atoms with Crippen molar-refractivity contribution in [3.8, 4) is 0 Å². The number of sulfonamides is 1. The minimum absolute atomic E-state index is 0.00475. The molecule has 0 amide bonds. The van der Waals surface area contributed by atoms with Crippen LogP contribution in [0.2, 0.25) is 0 Å². The smallest absolute Gasteiger partial charge is 0.268 e. The van der Waals surface area contributed by atoms with E-state index in [9.17, 15) is 8.42 Å². The van der Waals surface area contributed by atoms with E-state index in [0.717, 1.165) is 18.5 Å². The molecule has 1 spiro atoms. The van der Waals surface area contributed by atoms with E-state index in [1.165, 1.54) is 18.4 Å². The van der Waals surface area contributed by atoms with Crippen molar-refractivity contribution >= 4 is 15.7 Å². The number of aryl methyl sites for hydroxylation is 2. The quantitative estimate of drug-likeness (QED) is 0.920. The highest BCUT2D eigenvalue weighted by Crippen LogP contribution is 2.51. The summed E-state index contributed by atoms with van der Waals surface area (Å²) in [5, 5.41) is 6.86. The summed E-state index contributed by atoms with van der Waals surface area (Å²) in [5.41, 5.74) is 3.17. The Hall–Kier alpha value is -1.82. The molecular weight excluding hydrogens is 310 g/mol. The van der Waals surface area contributed by atoms with E-state index in [1.54, 1.807) is 18.2 Å². The number of nitrogens with one attached hydrogen (secondary N) is 1. The van der Waals surface area contributed by atoms with Gasteiger partial charge in [-0.1, -0.05) is 31.0 Å². The lowest BCUT2D eigenvalue weighted by Crippen LogP contribution is -2.36. The van der Waals surface area contributed by atoms with E-state index in [1.807, 2.05) is 18.2 Å². The van der Waals surface area contributed by atoms with Gasteiger partial charge in [0.1, 0.15) is 4.90 Å². The summed E-state index contributed by atoms with van der Waals surface area (Å²) in [7, 11) is -3.59. The monoisotopic (exact) mass is 331 g/mol. The molecule has 5 nitrogen and oxygen atoms in total. The lowest BCUT2D eigenvalue weighted by molar-refractivity contribution is 0.477. The highest BCUT2D eigenvalue weighted by atomic mass is 32.2. The molecule has 1 aliphatic heterocycles. The predicted molar refractivity (Wildman–Crippen MR) is 89.2 cm³/mol. The molecule has 6 heteroatoms. The molecule has 122 valence electrons. The Balaban J connectivity index is 1.88. The van der Waals surface area contributed by atoms with Crippen LogP contribution in [-0.4, -0.2) is 25.2 Å². The zero-order chi connectivity index (χ0) is 16.2. The lowest BCUT2D eigenvalue weighted by atomic mass is 9.81. The van der Waals surface area contributed by atoms with Gasteiger partial charge < -0.3 is 0 Å². The second-order valence-electron chi connectivity index (χ2n) is 6.78. The standard InChI is InChI=1S/C17H21N3O2S/c1-12-16(13(2)19-18-12)23(21,22)20-11-17(9-5-6-10-17)14-7-3-4-8-15(14)20/h3-4,7-8H,5-6,9-11H2,1-2H3,(H,18,19). The molecule has 1 N–H and O–H groups in total. The Kier molecular flexibility index (Phi) is 3.10. The zero-order valence-corrected chi connectivity index (χ0v) is 14.3. The first-order valence-corrected chi connectivity index (χ1v) is 9.54. The Morgan fingerprint density at radius 2 is 1.87 bits per heavy atom. The third-order valence-corrected chi connectivity index (χ3v) is 7.38. The molecule has 2 aliphatic rings. The van der Waals surface area contributed by atoms with Gasteiger partial charge in [0, 0.05) is 12.0 Å². The van der Waals surface area contributed by atoms with E-state index in [2.05, 4.69) is 16.3 Å². The van der Waals surface area contributed by atoms with Crippen LogP contribution in [0.4, 0.5) is 5.69 Å². The van der Waals surface area contributed by atoms with Crippen LogP contribution < -0.4 is 4.31 Å². The minimum Gasteiger partial charge on any atom is -0.281 e. The molecule has 1 aliphatic carbocycles. The summed E-state index contributed by atoms with van der Waals surface area (Å²) >= 11 is 0. The van der Waals surface area contributed by atoms with Crippen molar-refractivity contribution < 1.29 is 8.42 Å². The van der Waals surface area contributed by atoms with Gasteiger partial charge in [0.25, 0.3) is 10.0 Å². The summed E-state index contributed by atoms with van der Waals surface area (Å²) in [6.07, 6.45) is 4.48. The van der Waals surface area contributed by atoms with E-state index < -0.39 is 10.0 Å². The van der Waals surface area contributed by atoms with Crippen molar-refractivity contribution in [3.05, 3.63) is 41.2 Å². The Morgan fingerprint density at radius 3 is 2.52 bits per heavy atom. The van der Waals surface area contributed by atoms with Gasteiger partial charge in [-0.15, -0.1) is 0 Å². The Bertz CT molecular complexity index is 844. The maximum Gasteiger partial charge on any atom is 0.268 e. The number of nitrogens with zero attached hydrogens (tertiary/aromatic N) is 2. The van der Waals surface area contributed by atoms with Gasteiger partial charge in [-0.05, 0) is 38.3 Å². The maximum atomic E-state index is 13.3. The average molecular weight is 331 g/mol. The van der Waals surface area contributed by atoms with Crippen molar-refractivity contribution in [2.75, 3.05) is 10.8 Å². The third kappa shape index (κ3) is 1.97. The normalized spacial score (nSPS) is 19.5. The maximum absolute atomic E-state index is 13.3. The zero-order valence-electron chi connectivity index (χ0n) is 13.5. The van der Waals surface area contributed by atoms with Gasteiger partial charge in [0.05, 0.1) is 17.1 Å². The first-order valence-electron chi connectivity index (χ1n) is 8.10. The number of aromatic nitrogens is 2. The fourth-order valence-electron chi connectivity index (χ4n) is 4.31. The van der Waals surface area contributed by atoms with Crippen LogP contribution in [0, 0.1) is 13.8 Å². The molecule has 4 rings (SSSR count). The van der Waals surface area contributed by atoms with Crippen LogP contribution in [0.1, 0.15) is 42.6 Å². The summed E-state index contributed by atoms with van der Waals surface area (Å²) in [5.74, 6) is 0. The van der Waals surface area contributed by atoms with Gasteiger partial charge >= 0.3 is 0 Å². The number of aromatic amines is 1. The van der Waals surface area contributed by atoms with Gasteiger partial charge in [-0.25, -0.2) is 8.42 Å². The van der Waals surface area contributed by atoms with Crippen molar-refractivity contribution in [2.24, 2.45) is 0 Å². The summed E-state index contributed by atoms with van der Waals surface area (Å²) < 4.78 is 28.2. The summed E-state index contributed by atoms with van der Waals surface area (Å²) in [6.45, 7) is 4.06. The Labute approximate surface area is 136 Å². The molecule has 1 fully saturated rings. The van der Waals surface area contributed by atoms with Crippen LogP contribution in [0.5, 0.6) is 0 Å². The first kappa shape index (κ1) is 14.8. The van der Waals surface area contributed by atoms with Crippen molar-refractivity contribution in [1.29, 1.82) is 0 Å². The molecule has 1 saturated carbocycles. The SMILES string of the molecule is Cc1n[nH]c(C)c1S(=O)(=O)N1CC2(CCCC2)c2ccccc21. The van der Waals surface area contributed by atoms with Gasteiger partial charge in [-0.3, -0.25) is 9.40 Å². The van der Waals surface area contributed by atoms with Crippen molar-refractivity contribution in [2.45, 2.75) is 49.8 Å². The van der Waals surface area contributed by atoms with E-state index >= 15 is 0 Å². The number of hydrogen-bond donors (Lipinski definition) is 1. The highest BCUT2D eigenvalue weighted by Gasteiger charge is 2.48. The van der Waals surface area contributed by atoms with Crippen molar-refractivity contribution in [1.82, 2.24) is 10.2 Å². The molecule has 0 unspecified atom stereocenters. The predicted octanol–water partition coefficient (Wildman–Crippen LogP) is 3.05. The number of fused-ring (bicyclic) bond motifs is 2. The molecule has 0 radical (unpaired) electrons. The molecule has 1 aromatic heterocycles. The van der Waals surface area contributed by atoms with Crippen LogP contribution in [0.15, 0.2) is 29.2 Å². The number of rotatable bonds is 2. The van der Waals surface area contributed by atoms with E-state index in [0.29, 0.717) is 22.8 Å². The van der Waals surface area contributed by atoms with Crippen LogP contribution in [0.3, 0.4) is 0 Å². The van der Waals surface area contributed by atoms with Crippen molar-refractivity contribution in [3.63, 3.8) is 0 Å². The van der Waals surface area contributed by atoms with E-state index in [4.69, 9.17) is 0 Å². The summed E-state index contributed by atoms with van der Waals surface area (Å²) in [4.78, 5) is 0.322. The minimum atomic E-state index is -3.59. The molecule has 0 bridgehead atoms. The average Bonchev–Trinajstić information content (AvgIpc) is 3.21. The fourth-order valence-corrected chi connectivity index (χ4v) is 6.22. The number of anilines is 1. The molecule has 2 heterocycles. The second kappa shape index (κ2) is 4.84. The van der Waals surface area contributed by atoms with Gasteiger partial charge in [0.2, 0.25) is 0 Å². The highest BCUT2D eigenvalue weighted by molar-refractivity contribution is 7.93. The van der Waals surface area contributed by atoms with Gasteiger partial charge in [-0.2, -0.15) is 5.10 Å². The molecule has 23 heavy (non-hydrogen) atoms. The first-order chi connectivity index (χ1) is 11.0. The lowest BCUT2D eigenvalue weighted by Gasteiger charge is -2.25. The van der Waals surface area contributed by atoms with Crippen LogP contribution >= 0.6 is 0 Å². The number of para-hydroxylation sites is 1.